The molecule has 1 aliphatic heterocycles. The average molecular weight is 412 g/mol. The molecule has 158 valence electrons. The van der Waals surface area contributed by atoms with E-state index >= 15 is 0 Å². The second-order valence-electron chi connectivity index (χ2n) is 8.43. The minimum Gasteiger partial charge on any atom is -0.444 e. The molecule has 3 aromatic rings. The molecular weight excluding hydrogens is 387 g/mol. The third kappa shape index (κ3) is 4.00. The molecule has 0 bridgehead atoms. The highest BCUT2D eigenvalue weighted by Crippen LogP contribution is 2.34. The molecule has 1 aliphatic rings. The maximum Gasteiger partial charge on any atom is 0.411 e. The summed E-state index contributed by atoms with van der Waals surface area (Å²) in [6.07, 6.45) is 1.21. The van der Waals surface area contributed by atoms with Crippen LogP contribution < -0.4 is 5.32 Å². The number of ether oxygens (including phenoxy) is 1. The zero-order chi connectivity index (χ0) is 21.5. The van der Waals surface area contributed by atoms with Gasteiger partial charge in [-0.25, -0.2) is 14.2 Å². The van der Waals surface area contributed by atoms with E-state index in [0.29, 0.717) is 41.3 Å². The number of aromatic nitrogens is 2. The maximum absolute atomic E-state index is 14.3. The quantitative estimate of drug-likeness (QED) is 0.676. The SMILES string of the molecule is CC1NCCN(C(=O)OC(C)(C)C)[C@@H]1c1nc2cc(F)cc(-c3ccccn3)c2o1. The smallest absolute Gasteiger partial charge is 0.411 e. The van der Waals surface area contributed by atoms with E-state index in [1.165, 1.54) is 12.1 Å². The lowest BCUT2D eigenvalue weighted by Crippen LogP contribution is -2.54. The standard InChI is InChI=1S/C22H25FN4O3/c1-13-18(27(10-9-24-13)21(28)30-22(2,3)4)20-26-17-12-14(23)11-15(19(17)29-20)16-7-5-6-8-25-16/h5-8,11-13,18,24H,9-10H2,1-4H3/t13?,18-/m0/s1. The number of benzene rings is 1. The minimum absolute atomic E-state index is 0.123. The molecule has 1 N–H and O–H groups in total. The van der Waals surface area contributed by atoms with Crippen molar-refractivity contribution in [3.05, 3.63) is 48.2 Å². The summed E-state index contributed by atoms with van der Waals surface area (Å²) in [5, 5.41) is 3.34. The fraction of sp³-hybridized carbons (Fsp3) is 0.409. The molecular formula is C22H25FN4O3. The summed E-state index contributed by atoms with van der Waals surface area (Å²) < 4.78 is 26.0. The third-order valence-corrected chi connectivity index (χ3v) is 4.92. The number of rotatable bonds is 2. The summed E-state index contributed by atoms with van der Waals surface area (Å²) in [5.74, 6) is -0.0971. The number of hydrogen-bond acceptors (Lipinski definition) is 6. The Balaban J connectivity index is 1.78. The van der Waals surface area contributed by atoms with Crippen molar-refractivity contribution in [3.63, 3.8) is 0 Å². The first-order valence-corrected chi connectivity index (χ1v) is 9.97. The van der Waals surface area contributed by atoms with Crippen molar-refractivity contribution in [2.45, 2.75) is 45.4 Å². The number of carbonyl (C=O) groups is 1. The van der Waals surface area contributed by atoms with Gasteiger partial charge < -0.3 is 14.5 Å². The molecule has 30 heavy (non-hydrogen) atoms. The van der Waals surface area contributed by atoms with E-state index in [9.17, 15) is 9.18 Å². The van der Waals surface area contributed by atoms with Gasteiger partial charge in [-0.05, 0) is 45.9 Å². The Morgan fingerprint density at radius 3 is 2.83 bits per heavy atom. The highest BCUT2D eigenvalue weighted by Gasteiger charge is 2.38. The number of hydrogen-bond donors (Lipinski definition) is 1. The molecule has 0 spiro atoms. The Morgan fingerprint density at radius 2 is 2.13 bits per heavy atom. The van der Waals surface area contributed by atoms with Crippen LogP contribution in [-0.4, -0.2) is 45.7 Å². The normalized spacial score (nSPS) is 19.8. The van der Waals surface area contributed by atoms with Crippen molar-refractivity contribution >= 4 is 17.2 Å². The zero-order valence-corrected chi connectivity index (χ0v) is 17.5. The Labute approximate surface area is 174 Å². The number of oxazole rings is 1. The molecule has 0 aliphatic carbocycles. The van der Waals surface area contributed by atoms with Crippen LogP contribution in [-0.2, 0) is 4.74 Å². The van der Waals surface area contributed by atoms with Crippen LogP contribution in [0.15, 0.2) is 40.9 Å². The lowest BCUT2D eigenvalue weighted by atomic mass is 10.1. The number of piperazine rings is 1. The zero-order valence-electron chi connectivity index (χ0n) is 17.5. The Bertz CT molecular complexity index is 1060. The Kier molecular flexibility index (Phi) is 5.19. The summed E-state index contributed by atoms with van der Waals surface area (Å²) in [4.78, 5) is 23.3. The largest absolute Gasteiger partial charge is 0.444 e. The first-order chi connectivity index (χ1) is 14.2. The molecule has 2 atom stereocenters. The molecule has 0 radical (unpaired) electrons. The molecule has 8 heteroatoms. The van der Waals surface area contributed by atoms with Crippen molar-refractivity contribution in [2.24, 2.45) is 0 Å². The van der Waals surface area contributed by atoms with Crippen molar-refractivity contribution in [1.29, 1.82) is 0 Å². The van der Waals surface area contributed by atoms with Crippen LogP contribution >= 0.6 is 0 Å². The molecule has 0 saturated carbocycles. The Hall–Kier alpha value is -3.00. The second-order valence-corrected chi connectivity index (χ2v) is 8.43. The van der Waals surface area contributed by atoms with Crippen LogP contribution in [0.2, 0.25) is 0 Å². The van der Waals surface area contributed by atoms with Crippen LogP contribution in [0.1, 0.15) is 39.6 Å². The van der Waals surface area contributed by atoms with Gasteiger partial charge in [0.05, 0.1) is 5.69 Å². The monoisotopic (exact) mass is 412 g/mol. The summed E-state index contributed by atoms with van der Waals surface area (Å²) in [5.41, 5.74) is 1.31. The van der Waals surface area contributed by atoms with Crippen LogP contribution in [0.5, 0.6) is 0 Å². The summed E-state index contributed by atoms with van der Waals surface area (Å²) in [6, 6.07) is 7.51. The van der Waals surface area contributed by atoms with Gasteiger partial charge in [-0.3, -0.25) is 9.88 Å². The van der Waals surface area contributed by atoms with Gasteiger partial charge in [0.1, 0.15) is 23.0 Å². The number of pyridine rings is 1. The van der Waals surface area contributed by atoms with Gasteiger partial charge in [0.2, 0.25) is 5.89 Å². The number of nitrogens with one attached hydrogen (secondary N) is 1. The lowest BCUT2D eigenvalue weighted by molar-refractivity contribution is 0.00267. The maximum atomic E-state index is 14.3. The number of fused-ring (bicyclic) bond motifs is 1. The highest BCUT2D eigenvalue weighted by atomic mass is 19.1. The first kappa shape index (κ1) is 20.3. The van der Waals surface area contributed by atoms with E-state index in [1.807, 2.05) is 33.8 Å². The number of carbonyl (C=O) groups excluding carboxylic acids is 1. The summed E-state index contributed by atoms with van der Waals surface area (Å²) in [7, 11) is 0. The van der Waals surface area contributed by atoms with Gasteiger partial charge in [-0.15, -0.1) is 0 Å². The van der Waals surface area contributed by atoms with Gasteiger partial charge >= 0.3 is 6.09 Å². The van der Waals surface area contributed by atoms with Gasteiger partial charge in [0.25, 0.3) is 0 Å². The second kappa shape index (κ2) is 7.68. The van der Waals surface area contributed by atoms with Crippen LogP contribution in [0, 0.1) is 5.82 Å². The molecule has 2 aromatic heterocycles. The number of halogens is 1. The number of nitrogens with zero attached hydrogens (tertiary/aromatic N) is 3. The fourth-order valence-electron chi connectivity index (χ4n) is 3.66. The van der Waals surface area contributed by atoms with Crippen molar-refractivity contribution in [3.8, 4) is 11.3 Å². The van der Waals surface area contributed by atoms with E-state index in [-0.39, 0.29) is 6.04 Å². The average Bonchev–Trinajstić information content (AvgIpc) is 3.09. The van der Waals surface area contributed by atoms with E-state index in [0.717, 1.165) is 0 Å². The molecule has 7 nitrogen and oxygen atoms in total. The van der Waals surface area contributed by atoms with Gasteiger partial charge in [0, 0.05) is 37.0 Å². The Morgan fingerprint density at radius 1 is 1.33 bits per heavy atom. The third-order valence-electron chi connectivity index (χ3n) is 4.92. The predicted octanol–water partition coefficient (Wildman–Crippen LogP) is 4.30. The predicted molar refractivity (Wildman–Crippen MR) is 110 cm³/mol. The van der Waals surface area contributed by atoms with Gasteiger partial charge in [0.15, 0.2) is 5.58 Å². The van der Waals surface area contributed by atoms with Crippen LogP contribution in [0.3, 0.4) is 0 Å². The van der Waals surface area contributed by atoms with Crippen LogP contribution in [0.25, 0.3) is 22.4 Å². The molecule has 1 amide bonds. The molecule has 1 fully saturated rings. The van der Waals surface area contributed by atoms with Crippen molar-refractivity contribution < 1.29 is 18.3 Å². The van der Waals surface area contributed by atoms with Crippen molar-refractivity contribution in [1.82, 2.24) is 20.2 Å². The topological polar surface area (TPSA) is 80.5 Å². The van der Waals surface area contributed by atoms with E-state index in [1.54, 1.807) is 23.2 Å². The molecule has 4 rings (SSSR count). The van der Waals surface area contributed by atoms with Crippen LogP contribution in [0.4, 0.5) is 9.18 Å². The summed E-state index contributed by atoms with van der Waals surface area (Å²) in [6.45, 7) is 8.51. The van der Waals surface area contributed by atoms with E-state index < -0.39 is 23.6 Å². The molecule has 1 aromatic carbocycles. The fourth-order valence-corrected chi connectivity index (χ4v) is 3.66. The minimum atomic E-state index is -0.619. The molecule has 1 unspecified atom stereocenters. The van der Waals surface area contributed by atoms with Crippen molar-refractivity contribution in [2.75, 3.05) is 13.1 Å². The van der Waals surface area contributed by atoms with Gasteiger partial charge in [-0.1, -0.05) is 6.07 Å². The first-order valence-electron chi connectivity index (χ1n) is 9.97. The molecule has 1 saturated heterocycles. The number of amides is 1. The highest BCUT2D eigenvalue weighted by molar-refractivity contribution is 5.89. The lowest BCUT2D eigenvalue weighted by Gasteiger charge is -2.39. The van der Waals surface area contributed by atoms with E-state index in [4.69, 9.17) is 9.15 Å². The summed E-state index contributed by atoms with van der Waals surface area (Å²) >= 11 is 0. The van der Waals surface area contributed by atoms with E-state index in [2.05, 4.69) is 15.3 Å². The van der Waals surface area contributed by atoms with Gasteiger partial charge in [-0.2, -0.15) is 0 Å². The molecule has 3 heterocycles.